The monoisotopic (exact) mass is 455 g/mol. The zero-order chi connectivity index (χ0) is 24.0. The predicted molar refractivity (Wildman–Crippen MR) is 128 cm³/mol. The molecule has 1 unspecified atom stereocenters. The van der Waals surface area contributed by atoms with Crippen LogP contribution < -0.4 is 5.32 Å². The zero-order valence-corrected chi connectivity index (χ0v) is 20.8. The Morgan fingerprint density at radius 3 is 2.61 bits per heavy atom. The number of fused-ring (bicyclic) bond motifs is 5. The average Bonchev–Trinajstić information content (AvgIpc) is 3.04. The summed E-state index contributed by atoms with van der Waals surface area (Å²) in [5.74, 6) is 0.445. The summed E-state index contributed by atoms with van der Waals surface area (Å²) in [5, 5.41) is 13.8. The predicted octanol–water partition coefficient (Wildman–Crippen LogP) is 5.31. The van der Waals surface area contributed by atoms with Gasteiger partial charge in [0, 0.05) is 24.0 Å². The largest absolute Gasteiger partial charge is 0.511 e. The lowest BCUT2D eigenvalue weighted by Crippen LogP contribution is -2.52. The number of ketones is 2. The number of rotatable bonds is 7. The molecule has 3 saturated carbocycles. The molecule has 0 radical (unpaired) electrons. The average molecular weight is 456 g/mol. The minimum Gasteiger partial charge on any atom is -0.511 e. The molecule has 4 aliphatic rings. The second-order valence-electron chi connectivity index (χ2n) is 11.6. The molecule has 4 rings (SSSR count). The Morgan fingerprint density at radius 1 is 1.12 bits per heavy atom. The Labute approximate surface area is 198 Å². The first-order chi connectivity index (χ1) is 15.6. The normalized spacial score (nSPS) is 39.6. The molecular formula is C28H41NO4. The number of hydrogen-bond acceptors (Lipinski definition) is 4. The van der Waals surface area contributed by atoms with Crippen LogP contribution in [0.25, 0.3) is 0 Å². The molecular weight excluding hydrogens is 414 g/mol. The van der Waals surface area contributed by atoms with Gasteiger partial charge in [-0.3, -0.25) is 14.4 Å². The highest BCUT2D eigenvalue weighted by molar-refractivity contribution is 6.37. The number of aliphatic hydroxyl groups is 1. The van der Waals surface area contributed by atoms with Crippen LogP contribution in [0, 0.1) is 40.4 Å². The van der Waals surface area contributed by atoms with Gasteiger partial charge in [-0.2, -0.15) is 0 Å². The summed E-state index contributed by atoms with van der Waals surface area (Å²) >= 11 is 0. The van der Waals surface area contributed by atoms with Gasteiger partial charge >= 0.3 is 0 Å². The topological polar surface area (TPSA) is 83.5 Å². The number of aliphatic hydroxyl groups excluding tert-OH is 1. The summed E-state index contributed by atoms with van der Waals surface area (Å²) in [6, 6.07) is 0. The zero-order valence-electron chi connectivity index (χ0n) is 20.8. The van der Waals surface area contributed by atoms with Crippen LogP contribution in [0.2, 0.25) is 0 Å². The van der Waals surface area contributed by atoms with E-state index in [4.69, 9.17) is 0 Å². The maximum Gasteiger partial charge on any atom is 0.287 e. The smallest absolute Gasteiger partial charge is 0.287 e. The lowest BCUT2D eigenvalue weighted by atomic mass is 9.47. The van der Waals surface area contributed by atoms with Crippen LogP contribution >= 0.6 is 0 Å². The van der Waals surface area contributed by atoms with E-state index in [9.17, 15) is 19.5 Å². The SMILES string of the molecule is CCCCCCNC(=O)C(=O)[C@H]1C(C)C[C@H]2[C@@H]3CCC4=CC(=O)C=C(O)[C@]4(C)[C@H]3CC[C@]12C. The van der Waals surface area contributed by atoms with Gasteiger partial charge in [0.2, 0.25) is 5.78 Å². The van der Waals surface area contributed by atoms with E-state index in [1.165, 1.54) is 6.08 Å². The minimum absolute atomic E-state index is 0.111. The Morgan fingerprint density at radius 2 is 1.88 bits per heavy atom. The van der Waals surface area contributed by atoms with Gasteiger partial charge in [0.25, 0.3) is 5.91 Å². The van der Waals surface area contributed by atoms with E-state index in [1.807, 2.05) is 0 Å². The third kappa shape index (κ3) is 3.89. The Kier molecular flexibility index (Phi) is 6.63. The van der Waals surface area contributed by atoms with Crippen molar-refractivity contribution in [2.75, 3.05) is 6.54 Å². The number of carbonyl (C=O) groups is 3. The van der Waals surface area contributed by atoms with Gasteiger partial charge < -0.3 is 10.4 Å². The molecule has 5 nitrogen and oxygen atoms in total. The molecule has 0 spiro atoms. The molecule has 0 aliphatic heterocycles. The third-order valence-corrected chi connectivity index (χ3v) is 9.89. The van der Waals surface area contributed by atoms with Gasteiger partial charge in [-0.15, -0.1) is 0 Å². The molecule has 0 aromatic rings. The van der Waals surface area contributed by atoms with E-state index in [2.05, 4.69) is 33.0 Å². The highest BCUT2D eigenvalue weighted by atomic mass is 16.3. The molecule has 5 heteroatoms. The van der Waals surface area contributed by atoms with Gasteiger partial charge in [-0.1, -0.05) is 45.6 Å². The van der Waals surface area contributed by atoms with E-state index in [0.29, 0.717) is 18.4 Å². The molecule has 0 bridgehead atoms. The summed E-state index contributed by atoms with van der Waals surface area (Å²) in [4.78, 5) is 38.2. The molecule has 0 aromatic carbocycles. The van der Waals surface area contributed by atoms with Crippen molar-refractivity contribution in [2.24, 2.45) is 40.4 Å². The summed E-state index contributed by atoms with van der Waals surface area (Å²) in [5.41, 5.74) is 0.413. The van der Waals surface area contributed by atoms with Crippen molar-refractivity contribution in [3.05, 3.63) is 23.5 Å². The molecule has 182 valence electrons. The number of carbonyl (C=O) groups excluding carboxylic acids is 3. The second-order valence-corrected chi connectivity index (χ2v) is 11.6. The second kappa shape index (κ2) is 9.03. The Hall–Kier alpha value is -1.91. The molecule has 4 aliphatic carbocycles. The van der Waals surface area contributed by atoms with Gasteiger partial charge in [0.15, 0.2) is 5.78 Å². The molecule has 0 heterocycles. The molecule has 33 heavy (non-hydrogen) atoms. The number of amides is 1. The number of Topliss-reactive ketones (excluding diaryl/α,β-unsaturated/α-hetero) is 1. The number of allylic oxidation sites excluding steroid dienone is 3. The van der Waals surface area contributed by atoms with Crippen molar-refractivity contribution >= 4 is 17.5 Å². The van der Waals surface area contributed by atoms with Gasteiger partial charge in [-0.05, 0) is 80.6 Å². The first-order valence-electron chi connectivity index (χ1n) is 13.1. The van der Waals surface area contributed by atoms with Crippen LogP contribution in [0.5, 0.6) is 0 Å². The standard InChI is InChI=1S/C28H41NO4/c1-5-6-7-8-13-29-26(33)25(32)24-17(2)14-22-20-10-9-18-15-19(30)16-23(31)28(18,4)21(20)11-12-27(22,24)3/h15-17,20-22,24,31H,5-14H2,1-4H3,(H,29,33)/t17?,20-,21+,22+,24-,27+,28+/m1/s1. The molecule has 7 atom stereocenters. The quantitative estimate of drug-likeness (QED) is 0.403. The van der Waals surface area contributed by atoms with E-state index >= 15 is 0 Å². The fourth-order valence-corrected chi connectivity index (χ4v) is 8.21. The maximum absolute atomic E-state index is 13.4. The van der Waals surface area contributed by atoms with Crippen molar-refractivity contribution in [1.29, 1.82) is 0 Å². The summed E-state index contributed by atoms with van der Waals surface area (Å²) in [7, 11) is 0. The van der Waals surface area contributed by atoms with Gasteiger partial charge in [0.05, 0.1) is 0 Å². The molecule has 1 amide bonds. The number of nitrogens with one attached hydrogen (secondary N) is 1. The Bertz CT molecular complexity index is 888. The fraction of sp³-hybridized carbons (Fsp3) is 0.750. The fourth-order valence-electron chi connectivity index (χ4n) is 8.21. The third-order valence-electron chi connectivity index (χ3n) is 9.89. The van der Waals surface area contributed by atoms with Crippen molar-refractivity contribution < 1.29 is 19.5 Å². The maximum atomic E-state index is 13.4. The lowest BCUT2D eigenvalue weighted by molar-refractivity contribution is -0.145. The first kappa shape index (κ1) is 24.2. The summed E-state index contributed by atoms with van der Waals surface area (Å²) in [6.45, 7) is 9.22. The lowest BCUT2D eigenvalue weighted by Gasteiger charge is -2.57. The highest BCUT2D eigenvalue weighted by Gasteiger charge is 2.63. The van der Waals surface area contributed by atoms with Crippen molar-refractivity contribution in [3.8, 4) is 0 Å². The molecule has 2 N–H and O–H groups in total. The van der Waals surface area contributed by atoms with E-state index in [-0.39, 0.29) is 40.5 Å². The molecule has 3 fully saturated rings. The highest BCUT2D eigenvalue weighted by Crippen LogP contribution is 2.67. The Balaban J connectivity index is 1.51. The van der Waals surface area contributed by atoms with Crippen molar-refractivity contribution in [1.82, 2.24) is 5.32 Å². The van der Waals surface area contributed by atoms with Crippen LogP contribution in [-0.2, 0) is 14.4 Å². The number of hydrogen-bond donors (Lipinski definition) is 2. The van der Waals surface area contributed by atoms with Gasteiger partial charge in [0.1, 0.15) is 5.76 Å². The minimum atomic E-state index is -0.473. The van der Waals surface area contributed by atoms with E-state index in [0.717, 1.165) is 63.4 Å². The van der Waals surface area contributed by atoms with Crippen LogP contribution in [0.4, 0.5) is 0 Å². The molecule has 0 aromatic heterocycles. The van der Waals surface area contributed by atoms with Crippen LogP contribution in [-0.4, -0.2) is 29.1 Å². The van der Waals surface area contributed by atoms with E-state index < -0.39 is 11.3 Å². The first-order valence-corrected chi connectivity index (χ1v) is 13.1. The van der Waals surface area contributed by atoms with Crippen LogP contribution in [0.3, 0.4) is 0 Å². The van der Waals surface area contributed by atoms with Crippen LogP contribution in [0.1, 0.15) is 85.5 Å². The van der Waals surface area contributed by atoms with Gasteiger partial charge in [-0.25, -0.2) is 0 Å². The van der Waals surface area contributed by atoms with E-state index in [1.54, 1.807) is 6.08 Å². The summed E-state index contributed by atoms with van der Waals surface area (Å²) in [6.07, 6.45) is 12.0. The number of unbranched alkanes of at least 4 members (excludes halogenated alkanes) is 3. The summed E-state index contributed by atoms with van der Waals surface area (Å²) < 4.78 is 0. The van der Waals surface area contributed by atoms with Crippen molar-refractivity contribution in [2.45, 2.75) is 85.5 Å². The van der Waals surface area contributed by atoms with Crippen molar-refractivity contribution in [3.63, 3.8) is 0 Å². The van der Waals surface area contributed by atoms with Crippen LogP contribution in [0.15, 0.2) is 23.5 Å². The molecule has 0 saturated heterocycles.